The molecule has 1 rings (SSSR count). The summed E-state index contributed by atoms with van der Waals surface area (Å²) in [5.74, 6) is 2.28. The number of methoxy groups -OCH3 is 1. The van der Waals surface area contributed by atoms with Gasteiger partial charge in [0.15, 0.2) is 0 Å². The van der Waals surface area contributed by atoms with Crippen molar-refractivity contribution in [1.29, 1.82) is 0 Å². The van der Waals surface area contributed by atoms with Crippen molar-refractivity contribution in [3.8, 4) is 0 Å². The second kappa shape index (κ2) is 9.32. The molecule has 1 aliphatic rings. The first-order valence-corrected chi connectivity index (χ1v) is 7.69. The van der Waals surface area contributed by atoms with Gasteiger partial charge in [-0.05, 0) is 37.5 Å². The van der Waals surface area contributed by atoms with Crippen LogP contribution in [-0.4, -0.2) is 37.8 Å². The molecular weight excluding hydrogens is 218 g/mol. The van der Waals surface area contributed by atoms with E-state index in [1.54, 1.807) is 7.11 Å². The van der Waals surface area contributed by atoms with E-state index in [1.165, 1.54) is 37.9 Å². The molecule has 2 atom stereocenters. The fourth-order valence-corrected chi connectivity index (χ4v) is 3.72. The molecule has 0 bridgehead atoms. The van der Waals surface area contributed by atoms with Gasteiger partial charge in [-0.2, -0.15) is 11.8 Å². The highest BCUT2D eigenvalue weighted by molar-refractivity contribution is 7.99. The van der Waals surface area contributed by atoms with Crippen molar-refractivity contribution in [3.05, 3.63) is 0 Å². The molecule has 1 saturated carbocycles. The highest BCUT2D eigenvalue weighted by Gasteiger charge is 2.18. The van der Waals surface area contributed by atoms with Gasteiger partial charge in [-0.15, -0.1) is 0 Å². The number of hydrogen-bond acceptors (Lipinski definition) is 3. The van der Waals surface area contributed by atoms with Crippen LogP contribution < -0.4 is 5.32 Å². The Balaban J connectivity index is 1.86. The third-order valence-corrected chi connectivity index (χ3v) is 4.65. The molecule has 0 aromatic rings. The zero-order chi connectivity index (χ0) is 11.6. The van der Waals surface area contributed by atoms with Gasteiger partial charge in [0.2, 0.25) is 0 Å². The summed E-state index contributed by atoms with van der Waals surface area (Å²) >= 11 is 2.19. The van der Waals surface area contributed by atoms with Crippen molar-refractivity contribution in [1.82, 2.24) is 5.32 Å². The molecule has 0 aromatic heterocycles. The van der Waals surface area contributed by atoms with E-state index in [1.807, 2.05) is 0 Å². The molecule has 2 nitrogen and oxygen atoms in total. The van der Waals surface area contributed by atoms with Gasteiger partial charge in [-0.25, -0.2) is 0 Å². The zero-order valence-corrected chi connectivity index (χ0v) is 11.7. The quantitative estimate of drug-likeness (QED) is 0.664. The van der Waals surface area contributed by atoms with Gasteiger partial charge in [-0.3, -0.25) is 0 Å². The average Bonchev–Trinajstić information content (AvgIpc) is 2.28. The Morgan fingerprint density at radius 1 is 1.31 bits per heavy atom. The van der Waals surface area contributed by atoms with Crippen LogP contribution in [0.2, 0.25) is 0 Å². The Morgan fingerprint density at radius 2 is 2.19 bits per heavy atom. The molecule has 0 saturated heterocycles. The molecule has 0 aromatic carbocycles. The Labute approximate surface area is 105 Å². The average molecular weight is 245 g/mol. The van der Waals surface area contributed by atoms with Crippen molar-refractivity contribution in [2.45, 2.75) is 44.3 Å². The summed E-state index contributed by atoms with van der Waals surface area (Å²) in [5, 5.41) is 4.34. The maximum absolute atomic E-state index is 4.99. The smallest absolute Gasteiger partial charge is 0.0587 e. The van der Waals surface area contributed by atoms with Crippen molar-refractivity contribution in [2.24, 2.45) is 5.92 Å². The van der Waals surface area contributed by atoms with Crippen LogP contribution in [0.15, 0.2) is 0 Å². The standard InChI is InChI=1S/C13H27NOS/c1-12-5-3-6-13(11-12)16-10-4-7-14-8-9-15-2/h12-14H,3-11H2,1-2H3. The first-order valence-electron chi connectivity index (χ1n) is 6.64. The second-order valence-electron chi connectivity index (χ2n) is 4.86. The number of rotatable bonds is 8. The summed E-state index contributed by atoms with van der Waals surface area (Å²) in [6.45, 7) is 5.35. The first kappa shape index (κ1) is 14.3. The fraction of sp³-hybridized carbons (Fsp3) is 1.00. The Hall–Kier alpha value is 0.270. The summed E-state index contributed by atoms with van der Waals surface area (Å²) in [4.78, 5) is 0. The molecule has 1 N–H and O–H groups in total. The van der Waals surface area contributed by atoms with Crippen LogP contribution in [0, 0.1) is 5.92 Å². The Bertz CT molecular complexity index is 166. The maximum Gasteiger partial charge on any atom is 0.0587 e. The normalized spacial score (nSPS) is 25.9. The summed E-state index contributed by atoms with van der Waals surface area (Å²) in [6, 6.07) is 0. The second-order valence-corrected chi connectivity index (χ2v) is 6.27. The van der Waals surface area contributed by atoms with Crippen LogP contribution >= 0.6 is 11.8 Å². The number of thioether (sulfide) groups is 1. The molecule has 96 valence electrons. The van der Waals surface area contributed by atoms with Crippen LogP contribution in [0.4, 0.5) is 0 Å². The molecule has 0 spiro atoms. The summed E-state index contributed by atoms with van der Waals surface area (Å²) in [7, 11) is 1.75. The number of hydrogen-bond donors (Lipinski definition) is 1. The Morgan fingerprint density at radius 3 is 2.94 bits per heavy atom. The molecule has 0 amide bonds. The molecule has 3 heteroatoms. The third-order valence-electron chi connectivity index (χ3n) is 3.22. The summed E-state index contributed by atoms with van der Waals surface area (Å²) in [5.41, 5.74) is 0. The van der Waals surface area contributed by atoms with Gasteiger partial charge in [0.25, 0.3) is 0 Å². The summed E-state index contributed by atoms with van der Waals surface area (Å²) < 4.78 is 4.99. The lowest BCUT2D eigenvalue weighted by atomic mass is 9.91. The minimum atomic E-state index is 0.827. The number of ether oxygens (including phenoxy) is 1. The summed E-state index contributed by atoms with van der Waals surface area (Å²) in [6.07, 6.45) is 7.09. The minimum absolute atomic E-state index is 0.827. The number of nitrogens with one attached hydrogen (secondary N) is 1. The van der Waals surface area contributed by atoms with E-state index in [9.17, 15) is 0 Å². The van der Waals surface area contributed by atoms with Crippen LogP contribution in [0.1, 0.15) is 39.0 Å². The van der Waals surface area contributed by atoms with Crippen molar-refractivity contribution in [2.75, 3.05) is 32.6 Å². The van der Waals surface area contributed by atoms with Crippen LogP contribution in [0.25, 0.3) is 0 Å². The largest absolute Gasteiger partial charge is 0.383 e. The van der Waals surface area contributed by atoms with E-state index in [4.69, 9.17) is 4.74 Å². The van der Waals surface area contributed by atoms with Gasteiger partial charge in [0, 0.05) is 18.9 Å². The molecule has 1 fully saturated rings. The van der Waals surface area contributed by atoms with Crippen molar-refractivity contribution < 1.29 is 4.74 Å². The van der Waals surface area contributed by atoms with Crippen LogP contribution in [0.3, 0.4) is 0 Å². The lowest BCUT2D eigenvalue weighted by Gasteiger charge is -2.26. The van der Waals surface area contributed by atoms with Crippen molar-refractivity contribution in [3.63, 3.8) is 0 Å². The molecule has 2 unspecified atom stereocenters. The lowest BCUT2D eigenvalue weighted by molar-refractivity contribution is 0.199. The first-order chi connectivity index (χ1) is 7.83. The molecule has 1 aliphatic carbocycles. The Kier molecular flexibility index (Phi) is 8.34. The maximum atomic E-state index is 4.99. The minimum Gasteiger partial charge on any atom is -0.383 e. The zero-order valence-electron chi connectivity index (χ0n) is 10.8. The van der Waals surface area contributed by atoms with E-state index in [0.29, 0.717) is 0 Å². The molecule has 0 heterocycles. The van der Waals surface area contributed by atoms with Gasteiger partial charge in [0.05, 0.1) is 6.61 Å². The predicted octanol–water partition coefficient (Wildman–Crippen LogP) is 2.92. The van der Waals surface area contributed by atoms with Gasteiger partial charge in [-0.1, -0.05) is 19.8 Å². The highest BCUT2D eigenvalue weighted by Crippen LogP contribution is 2.31. The van der Waals surface area contributed by atoms with Crippen LogP contribution in [0.5, 0.6) is 0 Å². The highest BCUT2D eigenvalue weighted by atomic mass is 32.2. The lowest BCUT2D eigenvalue weighted by Crippen LogP contribution is -2.21. The van der Waals surface area contributed by atoms with Crippen molar-refractivity contribution >= 4 is 11.8 Å². The monoisotopic (exact) mass is 245 g/mol. The molecule has 16 heavy (non-hydrogen) atoms. The molecular formula is C13H27NOS. The molecule has 0 radical (unpaired) electrons. The predicted molar refractivity (Wildman–Crippen MR) is 73.2 cm³/mol. The van der Waals surface area contributed by atoms with E-state index in [-0.39, 0.29) is 0 Å². The van der Waals surface area contributed by atoms with Gasteiger partial charge >= 0.3 is 0 Å². The van der Waals surface area contributed by atoms with E-state index < -0.39 is 0 Å². The van der Waals surface area contributed by atoms with Crippen LogP contribution in [-0.2, 0) is 4.74 Å². The van der Waals surface area contributed by atoms with Gasteiger partial charge < -0.3 is 10.1 Å². The topological polar surface area (TPSA) is 21.3 Å². The SMILES string of the molecule is COCCNCCCSC1CCCC(C)C1. The fourth-order valence-electron chi connectivity index (χ4n) is 2.28. The van der Waals surface area contributed by atoms with Gasteiger partial charge in [0.1, 0.15) is 0 Å². The third kappa shape index (κ3) is 6.77. The van der Waals surface area contributed by atoms with E-state index in [0.717, 1.165) is 30.9 Å². The molecule has 0 aliphatic heterocycles. The van der Waals surface area contributed by atoms with E-state index in [2.05, 4.69) is 24.0 Å². The van der Waals surface area contributed by atoms with E-state index >= 15 is 0 Å².